The lowest BCUT2D eigenvalue weighted by Gasteiger charge is -2.12. The molecule has 0 aliphatic heterocycles. The number of aromatic nitrogens is 1. The van der Waals surface area contributed by atoms with Crippen molar-refractivity contribution in [2.45, 2.75) is 32.8 Å². The number of allylic oxidation sites excluding steroid dienone is 4. The van der Waals surface area contributed by atoms with Gasteiger partial charge >= 0.3 is 5.97 Å². The van der Waals surface area contributed by atoms with E-state index in [0.717, 1.165) is 16.7 Å². The predicted molar refractivity (Wildman–Crippen MR) is 144 cm³/mol. The van der Waals surface area contributed by atoms with Crippen molar-refractivity contribution in [3.63, 3.8) is 0 Å². The molecule has 0 radical (unpaired) electrons. The maximum absolute atomic E-state index is 11.2. The fourth-order valence-electron chi connectivity index (χ4n) is 3.90. The van der Waals surface area contributed by atoms with Gasteiger partial charge in [0.15, 0.2) is 0 Å². The van der Waals surface area contributed by atoms with Crippen LogP contribution in [-0.4, -0.2) is 16.2 Å². The van der Waals surface area contributed by atoms with Crippen LogP contribution in [0.1, 0.15) is 43.1 Å². The Morgan fingerprint density at radius 2 is 1.92 bits per heavy atom. The van der Waals surface area contributed by atoms with Crippen molar-refractivity contribution in [3.05, 3.63) is 98.2 Å². The van der Waals surface area contributed by atoms with Gasteiger partial charge in [0, 0.05) is 11.5 Å². The van der Waals surface area contributed by atoms with Gasteiger partial charge in [-0.3, -0.25) is 4.79 Å². The van der Waals surface area contributed by atoms with Gasteiger partial charge in [0.1, 0.15) is 23.8 Å². The molecule has 4 rings (SSSR count). The Kier molecular flexibility index (Phi) is 8.24. The van der Waals surface area contributed by atoms with Crippen LogP contribution in [0.5, 0.6) is 5.75 Å². The molecule has 1 atom stereocenters. The van der Waals surface area contributed by atoms with E-state index in [1.807, 2.05) is 50.3 Å². The minimum absolute atomic E-state index is 0.0751. The molecule has 0 saturated carbocycles. The summed E-state index contributed by atoms with van der Waals surface area (Å²) in [5, 5.41) is 14.9. The fourth-order valence-corrected chi connectivity index (χ4v) is 4.71. The maximum Gasteiger partial charge on any atom is 0.310 e. The highest BCUT2D eigenvalue weighted by molar-refractivity contribution is 6.39. The van der Waals surface area contributed by atoms with E-state index in [1.54, 1.807) is 30.3 Å². The molecule has 8 heteroatoms. The number of rotatable bonds is 8. The Balaban J connectivity index is 1.54. The van der Waals surface area contributed by atoms with Crippen molar-refractivity contribution in [2.75, 3.05) is 0 Å². The lowest BCUT2D eigenvalue weighted by atomic mass is 9.96. The van der Waals surface area contributed by atoms with E-state index in [9.17, 15) is 9.90 Å². The first-order valence-corrected chi connectivity index (χ1v) is 12.5. The van der Waals surface area contributed by atoms with Crippen LogP contribution >= 0.6 is 34.8 Å². The quantitative estimate of drug-likeness (QED) is 0.307. The van der Waals surface area contributed by atoms with Crippen molar-refractivity contribution in [1.82, 2.24) is 5.16 Å². The summed E-state index contributed by atoms with van der Waals surface area (Å²) in [5.41, 5.74) is 3.53. The number of benzene rings is 2. The zero-order valence-electron chi connectivity index (χ0n) is 19.7. The molecule has 0 bridgehead atoms. The second-order valence-corrected chi connectivity index (χ2v) is 9.90. The molecular weight excluding hydrogens is 521 g/mol. The lowest BCUT2D eigenvalue weighted by Crippen LogP contribution is -2.12. The molecule has 36 heavy (non-hydrogen) atoms. The fraction of sp³-hybridized carbons (Fsp3) is 0.214. The van der Waals surface area contributed by atoms with Crippen LogP contribution in [0, 0.1) is 5.92 Å². The third kappa shape index (κ3) is 5.86. The summed E-state index contributed by atoms with van der Waals surface area (Å²) in [7, 11) is 0. The van der Waals surface area contributed by atoms with Crippen molar-refractivity contribution >= 4 is 46.8 Å². The summed E-state index contributed by atoms with van der Waals surface area (Å²) in [4.78, 5) is 11.2. The Bertz CT molecular complexity index is 1350. The van der Waals surface area contributed by atoms with Crippen molar-refractivity contribution in [2.24, 2.45) is 5.92 Å². The van der Waals surface area contributed by atoms with E-state index in [-0.39, 0.29) is 12.5 Å². The highest BCUT2D eigenvalue weighted by Gasteiger charge is 2.24. The molecule has 1 aliphatic carbocycles. The highest BCUT2D eigenvalue weighted by Crippen LogP contribution is 2.39. The zero-order valence-corrected chi connectivity index (χ0v) is 21.9. The first-order chi connectivity index (χ1) is 17.2. The molecular formula is C28H24Cl3NO4. The van der Waals surface area contributed by atoms with E-state index in [2.05, 4.69) is 5.16 Å². The van der Waals surface area contributed by atoms with Gasteiger partial charge in [-0.1, -0.05) is 90.3 Å². The molecule has 5 nitrogen and oxygen atoms in total. The molecule has 0 fully saturated rings. The van der Waals surface area contributed by atoms with Crippen LogP contribution in [0.2, 0.25) is 15.1 Å². The van der Waals surface area contributed by atoms with Crippen LogP contribution in [0.15, 0.2) is 70.8 Å². The van der Waals surface area contributed by atoms with E-state index < -0.39 is 11.9 Å². The number of ether oxygens (including phenoxy) is 1. The van der Waals surface area contributed by atoms with Gasteiger partial charge in [0.25, 0.3) is 0 Å². The molecule has 1 unspecified atom stereocenters. The number of hydrogen-bond donors (Lipinski definition) is 1. The predicted octanol–water partition coefficient (Wildman–Crippen LogP) is 8.60. The number of carboxylic acids is 1. The average molecular weight is 545 g/mol. The highest BCUT2D eigenvalue weighted by atomic mass is 35.5. The number of hydrogen-bond acceptors (Lipinski definition) is 4. The molecule has 1 aromatic heterocycles. The third-order valence-electron chi connectivity index (χ3n) is 5.76. The monoisotopic (exact) mass is 543 g/mol. The van der Waals surface area contributed by atoms with Crippen LogP contribution < -0.4 is 4.74 Å². The minimum Gasteiger partial charge on any atom is -0.489 e. The Morgan fingerprint density at radius 1 is 1.17 bits per heavy atom. The van der Waals surface area contributed by atoms with Crippen LogP contribution in [-0.2, 0) is 11.4 Å². The molecule has 0 amide bonds. The summed E-state index contributed by atoms with van der Waals surface area (Å²) in [6.07, 6.45) is 9.68. The standard InChI is InChI=1S/C28H24Cl3NO4/c1-16(2)27-21(26(32-36-27)25-22(29)7-4-8-23(25)30)15-35-20-12-11-18(24(31)14-20)10-9-17-5-3-6-19(13-17)28(33)34/h3-5,7-14,16,19H,6,15H2,1-2H3,(H,33,34). The van der Waals surface area contributed by atoms with E-state index in [1.165, 1.54) is 0 Å². The molecule has 0 spiro atoms. The Labute approximate surface area is 224 Å². The molecule has 0 saturated heterocycles. The largest absolute Gasteiger partial charge is 0.489 e. The molecule has 1 aliphatic rings. The average Bonchev–Trinajstić information content (AvgIpc) is 3.26. The smallest absolute Gasteiger partial charge is 0.310 e. The summed E-state index contributed by atoms with van der Waals surface area (Å²) >= 11 is 19.4. The summed E-state index contributed by atoms with van der Waals surface area (Å²) < 4.78 is 11.7. The van der Waals surface area contributed by atoms with Gasteiger partial charge in [-0.2, -0.15) is 0 Å². The Morgan fingerprint density at radius 3 is 2.58 bits per heavy atom. The molecule has 1 N–H and O–H groups in total. The van der Waals surface area contributed by atoms with Crippen LogP contribution in [0.3, 0.4) is 0 Å². The maximum atomic E-state index is 11.2. The molecule has 186 valence electrons. The van der Waals surface area contributed by atoms with Crippen LogP contribution in [0.25, 0.3) is 17.3 Å². The summed E-state index contributed by atoms with van der Waals surface area (Å²) in [6.45, 7) is 4.21. The number of halogens is 3. The van der Waals surface area contributed by atoms with Crippen LogP contribution in [0.4, 0.5) is 0 Å². The first-order valence-electron chi connectivity index (χ1n) is 11.4. The van der Waals surface area contributed by atoms with Gasteiger partial charge in [0.2, 0.25) is 0 Å². The van der Waals surface area contributed by atoms with Gasteiger partial charge in [-0.25, -0.2) is 0 Å². The van der Waals surface area contributed by atoms with Crippen molar-refractivity contribution in [3.8, 4) is 17.0 Å². The number of nitrogens with zero attached hydrogens (tertiary/aromatic N) is 1. The number of carboxylic acid groups (broad SMARTS) is 1. The summed E-state index contributed by atoms with van der Waals surface area (Å²) in [5.74, 6) is -0.00375. The molecule has 2 aromatic carbocycles. The lowest BCUT2D eigenvalue weighted by molar-refractivity contribution is -0.140. The normalized spacial score (nSPS) is 15.5. The topological polar surface area (TPSA) is 72.6 Å². The SMILES string of the molecule is CC(C)c1onc(-c2c(Cl)cccc2Cl)c1COc1ccc(C=CC2=CC(C(=O)O)CC=C2)c(Cl)c1. The van der Waals surface area contributed by atoms with Crippen molar-refractivity contribution in [1.29, 1.82) is 0 Å². The number of carbonyl (C=O) groups is 1. The molecule has 1 heterocycles. The number of aliphatic carboxylic acids is 1. The van der Waals surface area contributed by atoms with E-state index >= 15 is 0 Å². The zero-order chi connectivity index (χ0) is 25.8. The van der Waals surface area contributed by atoms with E-state index in [0.29, 0.717) is 44.3 Å². The van der Waals surface area contributed by atoms with Crippen molar-refractivity contribution < 1.29 is 19.2 Å². The van der Waals surface area contributed by atoms with Gasteiger partial charge in [0.05, 0.1) is 26.5 Å². The first kappa shape index (κ1) is 26.1. The molecule has 3 aromatic rings. The van der Waals surface area contributed by atoms with Gasteiger partial charge in [-0.05, 0) is 47.9 Å². The Hall–Kier alpha value is -2.99. The minimum atomic E-state index is -0.835. The third-order valence-corrected chi connectivity index (χ3v) is 6.72. The van der Waals surface area contributed by atoms with E-state index in [4.69, 9.17) is 44.1 Å². The summed E-state index contributed by atoms with van der Waals surface area (Å²) in [6, 6.07) is 10.7. The van der Waals surface area contributed by atoms with Gasteiger partial charge < -0.3 is 14.4 Å². The van der Waals surface area contributed by atoms with Gasteiger partial charge in [-0.15, -0.1) is 0 Å². The second-order valence-electron chi connectivity index (χ2n) is 8.68. The second kappa shape index (κ2) is 11.4.